The summed E-state index contributed by atoms with van der Waals surface area (Å²) < 4.78 is 44.0. The van der Waals surface area contributed by atoms with E-state index in [1.807, 2.05) is 0 Å². The number of benzene rings is 2. The van der Waals surface area contributed by atoms with E-state index in [1.54, 1.807) is 18.2 Å². The number of rotatable bonds is 8. The van der Waals surface area contributed by atoms with Gasteiger partial charge in [0.15, 0.2) is 0 Å². The molecule has 2 aromatic rings. The molecule has 0 unspecified atom stereocenters. The third-order valence-corrected chi connectivity index (χ3v) is 5.32. The van der Waals surface area contributed by atoms with E-state index < -0.39 is 17.7 Å². The minimum absolute atomic E-state index is 0.0853. The zero-order chi connectivity index (χ0) is 21.0. The Hall–Kier alpha value is -2.68. The first kappa shape index (κ1) is 21.0. The molecule has 0 saturated carbocycles. The average molecular weight is 425 g/mol. The average Bonchev–Trinajstić information content (AvgIpc) is 3.01. The van der Waals surface area contributed by atoms with Crippen LogP contribution in [-0.2, 0) is 17.5 Å². The summed E-state index contributed by atoms with van der Waals surface area (Å²) in [6.07, 6.45) is -4.35. The summed E-state index contributed by atoms with van der Waals surface area (Å²) in [4.78, 5) is 24.6. The number of carbonyl (C=O) groups excluding carboxylic acids is 1. The van der Waals surface area contributed by atoms with Crippen molar-refractivity contribution in [3.8, 4) is 5.75 Å². The molecule has 0 saturated heterocycles. The van der Waals surface area contributed by atoms with Gasteiger partial charge >= 0.3 is 12.1 Å². The first-order chi connectivity index (χ1) is 13.8. The van der Waals surface area contributed by atoms with Crippen LogP contribution in [0.5, 0.6) is 5.75 Å². The maximum atomic E-state index is 12.7. The van der Waals surface area contributed by atoms with Crippen LogP contribution in [0.1, 0.15) is 27.9 Å². The topological polar surface area (TPSA) is 66.8 Å². The highest BCUT2D eigenvalue weighted by molar-refractivity contribution is 7.99. The van der Waals surface area contributed by atoms with Gasteiger partial charge in [-0.1, -0.05) is 6.07 Å². The number of alkyl halides is 3. The van der Waals surface area contributed by atoms with E-state index >= 15 is 0 Å². The summed E-state index contributed by atoms with van der Waals surface area (Å²) in [6, 6.07) is 9.58. The van der Waals surface area contributed by atoms with Gasteiger partial charge in [-0.3, -0.25) is 9.59 Å². The van der Waals surface area contributed by atoms with Gasteiger partial charge in [-0.2, -0.15) is 24.9 Å². The van der Waals surface area contributed by atoms with E-state index in [0.717, 1.165) is 12.1 Å². The molecule has 1 amide bonds. The number of nitrogens with zero attached hydrogens (tertiary/aromatic N) is 1. The van der Waals surface area contributed by atoms with Crippen LogP contribution >= 0.6 is 11.8 Å². The fraction of sp³-hybridized carbons (Fsp3) is 0.300. The molecule has 1 aliphatic heterocycles. The molecule has 0 bridgehead atoms. The van der Waals surface area contributed by atoms with Gasteiger partial charge in [-0.15, -0.1) is 0 Å². The number of hydrogen-bond donors (Lipinski definition) is 1. The molecule has 1 heterocycles. The van der Waals surface area contributed by atoms with Crippen molar-refractivity contribution < 1.29 is 32.6 Å². The van der Waals surface area contributed by atoms with Gasteiger partial charge in [0.1, 0.15) is 5.75 Å². The third kappa shape index (κ3) is 5.03. The monoisotopic (exact) mass is 425 g/mol. The van der Waals surface area contributed by atoms with Crippen LogP contribution in [0.3, 0.4) is 0 Å². The van der Waals surface area contributed by atoms with Crippen LogP contribution in [-0.4, -0.2) is 35.1 Å². The number of amides is 1. The number of thioether (sulfide) groups is 1. The molecule has 2 aromatic carbocycles. The fourth-order valence-electron chi connectivity index (χ4n) is 2.95. The van der Waals surface area contributed by atoms with E-state index in [0.29, 0.717) is 40.7 Å². The molecule has 9 heteroatoms. The van der Waals surface area contributed by atoms with E-state index in [2.05, 4.69) is 0 Å². The van der Waals surface area contributed by atoms with Crippen LogP contribution < -0.4 is 9.64 Å². The SMILES string of the molecule is O=C(O)CCSCCOc1cccc2c1CN(c1ccc(C(F)(F)F)cc1)C2=O. The first-order valence-corrected chi connectivity index (χ1v) is 9.96. The maximum absolute atomic E-state index is 12.7. The molecule has 0 aromatic heterocycles. The summed E-state index contributed by atoms with van der Waals surface area (Å²) in [5.74, 6) is 0.505. The van der Waals surface area contributed by atoms with Crippen molar-refractivity contribution in [1.29, 1.82) is 0 Å². The van der Waals surface area contributed by atoms with E-state index in [1.165, 1.54) is 28.8 Å². The van der Waals surface area contributed by atoms with Gasteiger partial charge in [0.25, 0.3) is 5.91 Å². The number of anilines is 1. The smallest absolute Gasteiger partial charge is 0.416 e. The largest absolute Gasteiger partial charge is 0.492 e. The second-order valence-corrected chi connectivity index (χ2v) is 7.55. The lowest BCUT2D eigenvalue weighted by atomic mass is 10.1. The highest BCUT2D eigenvalue weighted by atomic mass is 32.2. The highest BCUT2D eigenvalue weighted by Gasteiger charge is 2.33. The second kappa shape index (κ2) is 8.77. The van der Waals surface area contributed by atoms with Crippen molar-refractivity contribution in [2.75, 3.05) is 23.0 Å². The van der Waals surface area contributed by atoms with Crippen molar-refractivity contribution in [3.63, 3.8) is 0 Å². The van der Waals surface area contributed by atoms with Crippen molar-refractivity contribution in [1.82, 2.24) is 0 Å². The van der Waals surface area contributed by atoms with E-state index in [-0.39, 0.29) is 18.9 Å². The molecular formula is C20H18F3NO4S. The van der Waals surface area contributed by atoms with Crippen LogP contribution in [0.15, 0.2) is 42.5 Å². The van der Waals surface area contributed by atoms with Crippen molar-refractivity contribution >= 4 is 29.3 Å². The number of ether oxygens (including phenoxy) is 1. The molecule has 0 fully saturated rings. The molecule has 5 nitrogen and oxygen atoms in total. The lowest BCUT2D eigenvalue weighted by molar-refractivity contribution is -0.138. The highest BCUT2D eigenvalue weighted by Crippen LogP contribution is 2.36. The van der Waals surface area contributed by atoms with E-state index in [9.17, 15) is 22.8 Å². The Labute approximate surface area is 169 Å². The zero-order valence-electron chi connectivity index (χ0n) is 15.2. The second-order valence-electron chi connectivity index (χ2n) is 6.32. The Kier molecular flexibility index (Phi) is 6.36. The number of aliphatic carboxylic acids is 1. The quantitative estimate of drug-likeness (QED) is 0.633. The molecule has 29 heavy (non-hydrogen) atoms. The minimum atomic E-state index is -4.43. The predicted molar refractivity (Wildman–Crippen MR) is 103 cm³/mol. The normalized spacial score (nSPS) is 13.5. The Balaban J connectivity index is 1.66. The lowest BCUT2D eigenvalue weighted by Gasteiger charge is -2.17. The van der Waals surface area contributed by atoms with Crippen LogP contribution in [0, 0.1) is 0 Å². The van der Waals surface area contributed by atoms with Gasteiger partial charge in [0.05, 0.1) is 25.1 Å². The van der Waals surface area contributed by atoms with Crippen molar-refractivity contribution in [2.45, 2.75) is 19.1 Å². The van der Waals surface area contributed by atoms with Crippen molar-refractivity contribution in [2.24, 2.45) is 0 Å². The Bertz CT molecular complexity index is 900. The Morgan fingerprint density at radius 2 is 1.86 bits per heavy atom. The number of fused-ring (bicyclic) bond motifs is 1. The molecule has 1 N–H and O–H groups in total. The zero-order valence-corrected chi connectivity index (χ0v) is 16.1. The van der Waals surface area contributed by atoms with Gasteiger partial charge < -0.3 is 14.7 Å². The minimum Gasteiger partial charge on any atom is -0.492 e. The number of carbonyl (C=O) groups is 2. The lowest BCUT2D eigenvalue weighted by Crippen LogP contribution is -2.23. The third-order valence-electron chi connectivity index (χ3n) is 4.38. The Morgan fingerprint density at radius 3 is 2.52 bits per heavy atom. The molecule has 0 atom stereocenters. The first-order valence-electron chi connectivity index (χ1n) is 8.80. The number of carboxylic acid groups (broad SMARTS) is 1. The summed E-state index contributed by atoms with van der Waals surface area (Å²) in [6.45, 7) is 0.567. The number of halogens is 3. The molecule has 0 spiro atoms. The molecule has 1 aliphatic rings. The van der Waals surface area contributed by atoms with Gasteiger partial charge in [-0.25, -0.2) is 0 Å². The predicted octanol–water partition coefficient (Wildman–Crippen LogP) is 4.45. The van der Waals surface area contributed by atoms with E-state index in [4.69, 9.17) is 9.84 Å². The van der Waals surface area contributed by atoms with Crippen LogP contribution in [0.4, 0.5) is 18.9 Å². The fourth-order valence-corrected chi connectivity index (χ4v) is 3.67. The molecule has 154 valence electrons. The van der Waals surface area contributed by atoms with Gasteiger partial charge in [0, 0.05) is 28.3 Å². The maximum Gasteiger partial charge on any atom is 0.416 e. The molecule has 3 rings (SSSR count). The summed E-state index contributed by atoms with van der Waals surface area (Å²) >= 11 is 1.46. The number of hydrogen-bond acceptors (Lipinski definition) is 4. The van der Waals surface area contributed by atoms with Gasteiger partial charge in [-0.05, 0) is 36.4 Å². The van der Waals surface area contributed by atoms with Crippen LogP contribution in [0.2, 0.25) is 0 Å². The van der Waals surface area contributed by atoms with Crippen LogP contribution in [0.25, 0.3) is 0 Å². The van der Waals surface area contributed by atoms with Crippen molar-refractivity contribution in [3.05, 3.63) is 59.2 Å². The Morgan fingerprint density at radius 1 is 1.14 bits per heavy atom. The summed E-state index contributed by atoms with van der Waals surface area (Å²) in [5, 5.41) is 8.62. The number of carboxylic acids is 1. The molecular weight excluding hydrogens is 407 g/mol. The summed E-state index contributed by atoms with van der Waals surface area (Å²) in [5.41, 5.74) is 0.762. The molecule has 0 aliphatic carbocycles. The van der Waals surface area contributed by atoms with Gasteiger partial charge in [0.2, 0.25) is 0 Å². The molecule has 0 radical (unpaired) electrons. The summed E-state index contributed by atoms with van der Waals surface area (Å²) in [7, 11) is 0. The standard InChI is InChI=1S/C20H18F3NO4S/c21-20(22,23)13-4-6-14(7-5-13)24-12-16-15(19(24)27)2-1-3-17(16)28-9-11-29-10-8-18(25)26/h1-7H,8-12H2,(H,25,26).